The summed E-state index contributed by atoms with van der Waals surface area (Å²) in [7, 11) is 0. The lowest BCUT2D eigenvalue weighted by atomic mass is 10.0. The molecule has 0 aromatic carbocycles. The van der Waals surface area contributed by atoms with Gasteiger partial charge in [-0.1, -0.05) is 43.9 Å². The molecule has 0 bridgehead atoms. The number of allylic oxidation sites excluding steroid dienone is 2. The van der Waals surface area contributed by atoms with Gasteiger partial charge in [0.1, 0.15) is 0 Å². The molecule has 2 atom stereocenters. The van der Waals surface area contributed by atoms with Crippen LogP contribution in [-0.2, 0) is 4.79 Å². The van der Waals surface area contributed by atoms with Crippen molar-refractivity contribution in [3.63, 3.8) is 0 Å². The minimum atomic E-state index is -1.03. The predicted octanol–water partition coefficient (Wildman–Crippen LogP) is 1.88. The first kappa shape index (κ1) is 15.9. The second-order valence-corrected chi connectivity index (χ2v) is 4.14. The number of rotatable bonds is 8. The van der Waals surface area contributed by atoms with Gasteiger partial charge in [0.2, 0.25) is 0 Å². The Morgan fingerprint density at radius 1 is 1.24 bits per heavy atom. The van der Waals surface area contributed by atoms with Crippen LogP contribution < -0.4 is 0 Å². The standard InChI is InChI=1S/C13H22O4/c1-3-4-5-6-11(14)12(15)9-10(2)7-8-13(16)17/h7-9,11-12,14-15H,3-6H2,1-2H3,(H,16,17)/b8-7+,10-9+/t11-,12+/m1/s1. The first-order valence-electron chi connectivity index (χ1n) is 5.93. The molecule has 0 saturated heterocycles. The minimum Gasteiger partial charge on any atom is -0.478 e. The lowest BCUT2D eigenvalue weighted by molar-refractivity contribution is -0.131. The summed E-state index contributed by atoms with van der Waals surface area (Å²) in [5.41, 5.74) is 0.620. The Kier molecular flexibility index (Phi) is 8.36. The maximum absolute atomic E-state index is 10.3. The van der Waals surface area contributed by atoms with E-state index in [1.807, 2.05) is 0 Å². The van der Waals surface area contributed by atoms with Crippen LogP contribution in [0.1, 0.15) is 39.5 Å². The van der Waals surface area contributed by atoms with Crippen LogP contribution in [0.25, 0.3) is 0 Å². The van der Waals surface area contributed by atoms with Crippen molar-refractivity contribution in [1.29, 1.82) is 0 Å². The summed E-state index contributed by atoms with van der Waals surface area (Å²) < 4.78 is 0. The Bertz CT molecular complexity index is 281. The van der Waals surface area contributed by atoms with Crippen LogP contribution >= 0.6 is 0 Å². The number of aliphatic hydroxyl groups is 2. The SMILES string of the molecule is CCCCC[C@@H](O)[C@@H](O)/C=C(C)/C=C/C(=O)O. The molecule has 4 heteroatoms. The van der Waals surface area contributed by atoms with Crippen LogP contribution in [0.4, 0.5) is 0 Å². The number of aliphatic carboxylic acids is 1. The van der Waals surface area contributed by atoms with Gasteiger partial charge < -0.3 is 15.3 Å². The average molecular weight is 242 g/mol. The van der Waals surface area contributed by atoms with E-state index in [1.54, 1.807) is 6.92 Å². The summed E-state index contributed by atoms with van der Waals surface area (Å²) in [5, 5.41) is 27.7. The summed E-state index contributed by atoms with van der Waals surface area (Å²) >= 11 is 0. The van der Waals surface area contributed by atoms with Crippen molar-refractivity contribution < 1.29 is 20.1 Å². The van der Waals surface area contributed by atoms with Gasteiger partial charge in [-0.25, -0.2) is 4.79 Å². The third kappa shape index (κ3) is 8.65. The van der Waals surface area contributed by atoms with Crippen LogP contribution in [0.3, 0.4) is 0 Å². The fraction of sp³-hybridized carbons (Fsp3) is 0.615. The molecule has 0 aliphatic heterocycles. The van der Waals surface area contributed by atoms with Crippen LogP contribution in [0.5, 0.6) is 0 Å². The van der Waals surface area contributed by atoms with Crippen molar-refractivity contribution in [3.8, 4) is 0 Å². The molecule has 0 rings (SSSR count). The van der Waals surface area contributed by atoms with E-state index in [1.165, 1.54) is 12.2 Å². The van der Waals surface area contributed by atoms with E-state index in [4.69, 9.17) is 5.11 Å². The number of carboxylic acid groups (broad SMARTS) is 1. The van der Waals surface area contributed by atoms with Crippen molar-refractivity contribution in [1.82, 2.24) is 0 Å². The van der Waals surface area contributed by atoms with Gasteiger partial charge in [0.05, 0.1) is 12.2 Å². The maximum atomic E-state index is 10.3. The summed E-state index contributed by atoms with van der Waals surface area (Å²) in [4.78, 5) is 10.3. The van der Waals surface area contributed by atoms with Gasteiger partial charge in [0, 0.05) is 6.08 Å². The van der Waals surface area contributed by atoms with Crippen molar-refractivity contribution in [2.75, 3.05) is 0 Å². The molecule has 98 valence electrons. The Hall–Kier alpha value is -1.13. The van der Waals surface area contributed by atoms with Gasteiger partial charge in [-0.05, 0) is 13.3 Å². The number of hydrogen-bond acceptors (Lipinski definition) is 3. The lowest BCUT2D eigenvalue weighted by Crippen LogP contribution is -2.23. The Morgan fingerprint density at radius 3 is 2.41 bits per heavy atom. The van der Waals surface area contributed by atoms with Crippen LogP contribution in [0.15, 0.2) is 23.8 Å². The third-order valence-corrected chi connectivity index (χ3v) is 2.42. The zero-order valence-electron chi connectivity index (χ0n) is 10.5. The van der Waals surface area contributed by atoms with E-state index in [9.17, 15) is 15.0 Å². The fourth-order valence-electron chi connectivity index (χ4n) is 1.41. The number of hydrogen-bond donors (Lipinski definition) is 3. The Morgan fingerprint density at radius 2 is 1.88 bits per heavy atom. The van der Waals surface area contributed by atoms with E-state index < -0.39 is 18.2 Å². The molecule has 0 aromatic rings. The van der Waals surface area contributed by atoms with Gasteiger partial charge in [0.15, 0.2) is 0 Å². The number of carbonyl (C=O) groups is 1. The highest BCUT2D eigenvalue weighted by Crippen LogP contribution is 2.09. The van der Waals surface area contributed by atoms with Crippen LogP contribution in [0.2, 0.25) is 0 Å². The molecule has 3 N–H and O–H groups in total. The van der Waals surface area contributed by atoms with Crippen molar-refractivity contribution in [2.45, 2.75) is 51.7 Å². The van der Waals surface area contributed by atoms with Crippen LogP contribution in [-0.4, -0.2) is 33.5 Å². The third-order valence-electron chi connectivity index (χ3n) is 2.42. The molecule has 0 saturated carbocycles. The molecule has 0 amide bonds. The highest BCUT2D eigenvalue weighted by Gasteiger charge is 2.12. The minimum absolute atomic E-state index is 0.557. The molecular weight excluding hydrogens is 220 g/mol. The van der Waals surface area contributed by atoms with E-state index in [-0.39, 0.29) is 0 Å². The zero-order chi connectivity index (χ0) is 13.3. The first-order chi connectivity index (χ1) is 7.97. The second-order valence-electron chi connectivity index (χ2n) is 4.14. The van der Waals surface area contributed by atoms with Gasteiger partial charge in [-0.15, -0.1) is 0 Å². The summed E-state index contributed by atoms with van der Waals surface area (Å²) in [6.07, 6.45) is 5.68. The van der Waals surface area contributed by atoms with E-state index >= 15 is 0 Å². The highest BCUT2D eigenvalue weighted by molar-refractivity contribution is 5.80. The van der Waals surface area contributed by atoms with E-state index in [2.05, 4.69) is 6.92 Å². The maximum Gasteiger partial charge on any atom is 0.328 e. The quantitative estimate of drug-likeness (QED) is 0.345. The van der Waals surface area contributed by atoms with Gasteiger partial charge in [-0.3, -0.25) is 0 Å². The first-order valence-corrected chi connectivity index (χ1v) is 5.93. The summed E-state index contributed by atoms with van der Waals surface area (Å²) in [6.45, 7) is 3.75. The molecular formula is C13H22O4. The van der Waals surface area contributed by atoms with Crippen LogP contribution in [0, 0.1) is 0 Å². The molecule has 0 aliphatic carbocycles. The number of carboxylic acids is 1. The Balaban J connectivity index is 4.16. The van der Waals surface area contributed by atoms with Gasteiger partial charge in [-0.2, -0.15) is 0 Å². The molecule has 4 nitrogen and oxygen atoms in total. The second kappa shape index (κ2) is 8.96. The highest BCUT2D eigenvalue weighted by atomic mass is 16.4. The smallest absolute Gasteiger partial charge is 0.328 e. The van der Waals surface area contributed by atoms with Crippen molar-refractivity contribution in [2.24, 2.45) is 0 Å². The molecule has 0 fully saturated rings. The topological polar surface area (TPSA) is 77.8 Å². The molecule has 0 aliphatic rings. The zero-order valence-corrected chi connectivity index (χ0v) is 10.5. The molecule has 0 radical (unpaired) electrons. The molecule has 0 heterocycles. The van der Waals surface area contributed by atoms with Crippen molar-refractivity contribution in [3.05, 3.63) is 23.8 Å². The molecule has 0 aromatic heterocycles. The predicted molar refractivity (Wildman–Crippen MR) is 66.7 cm³/mol. The number of aliphatic hydroxyl groups excluding tert-OH is 2. The van der Waals surface area contributed by atoms with E-state index in [0.29, 0.717) is 12.0 Å². The van der Waals surface area contributed by atoms with E-state index in [0.717, 1.165) is 25.3 Å². The molecule has 0 unspecified atom stereocenters. The fourth-order valence-corrected chi connectivity index (χ4v) is 1.41. The molecule has 17 heavy (non-hydrogen) atoms. The summed E-state index contributed by atoms with van der Waals surface area (Å²) in [5.74, 6) is -1.03. The lowest BCUT2D eigenvalue weighted by Gasteiger charge is -2.14. The number of unbranched alkanes of at least 4 members (excludes halogenated alkanes) is 2. The van der Waals surface area contributed by atoms with Gasteiger partial charge >= 0.3 is 5.97 Å². The molecule has 0 spiro atoms. The average Bonchev–Trinajstić information content (AvgIpc) is 2.26. The Labute approximate surface area is 102 Å². The van der Waals surface area contributed by atoms with Crippen molar-refractivity contribution >= 4 is 5.97 Å². The van der Waals surface area contributed by atoms with Gasteiger partial charge in [0.25, 0.3) is 0 Å². The summed E-state index contributed by atoms with van der Waals surface area (Å²) in [6, 6.07) is 0. The largest absolute Gasteiger partial charge is 0.478 e. The monoisotopic (exact) mass is 242 g/mol. The normalized spacial score (nSPS) is 16.1.